The van der Waals surface area contributed by atoms with Crippen molar-refractivity contribution in [3.8, 4) is 0 Å². The van der Waals surface area contributed by atoms with Crippen LogP contribution in [0.2, 0.25) is 0 Å². The second-order valence-corrected chi connectivity index (χ2v) is 10.1. The number of sulfonamides is 1. The first-order chi connectivity index (χ1) is 14.1. The van der Waals surface area contributed by atoms with Crippen LogP contribution >= 0.6 is 0 Å². The summed E-state index contributed by atoms with van der Waals surface area (Å²) in [6, 6.07) is 14.9. The first-order valence-electron chi connectivity index (χ1n) is 9.82. The lowest BCUT2D eigenvalue weighted by Crippen LogP contribution is -2.48. The smallest absolute Gasteiger partial charge is 0.410 e. The second kappa shape index (κ2) is 8.63. The van der Waals surface area contributed by atoms with Crippen LogP contribution in [0.1, 0.15) is 25.8 Å². The Morgan fingerprint density at radius 2 is 1.90 bits per heavy atom. The number of nitrogens with zero attached hydrogens (tertiary/aromatic N) is 2. The third-order valence-electron chi connectivity index (χ3n) is 5.82. The molecule has 162 valence electrons. The van der Waals surface area contributed by atoms with Crippen molar-refractivity contribution >= 4 is 21.8 Å². The summed E-state index contributed by atoms with van der Waals surface area (Å²) < 4.78 is 45.9. The zero-order valence-corrected chi connectivity index (χ0v) is 18.2. The van der Waals surface area contributed by atoms with Crippen molar-refractivity contribution in [3.05, 3.63) is 66.0 Å². The lowest BCUT2D eigenvalue weighted by atomic mass is 9.90. The molecule has 0 spiro atoms. The highest BCUT2D eigenvalue weighted by Crippen LogP contribution is 2.37. The van der Waals surface area contributed by atoms with E-state index < -0.39 is 27.5 Å². The Bertz CT molecular complexity index is 995. The van der Waals surface area contributed by atoms with Crippen LogP contribution in [0.5, 0.6) is 0 Å². The molecule has 0 saturated carbocycles. The van der Waals surface area contributed by atoms with Gasteiger partial charge in [0, 0.05) is 19.1 Å². The number of hydrogen-bond donors (Lipinski definition) is 0. The maximum atomic E-state index is 13.5. The number of hydrogen-bond acceptors (Lipinski definition) is 4. The van der Waals surface area contributed by atoms with Gasteiger partial charge >= 0.3 is 6.09 Å². The molecule has 1 aliphatic rings. The summed E-state index contributed by atoms with van der Waals surface area (Å²) in [4.78, 5) is 14.2. The fourth-order valence-corrected chi connectivity index (χ4v) is 5.50. The molecule has 2 aromatic carbocycles. The monoisotopic (exact) mass is 434 g/mol. The maximum Gasteiger partial charge on any atom is 0.410 e. The Hall–Kier alpha value is -2.61. The first-order valence-corrected chi connectivity index (χ1v) is 11.4. The van der Waals surface area contributed by atoms with Crippen LogP contribution < -0.4 is 4.31 Å². The Morgan fingerprint density at radius 1 is 1.20 bits per heavy atom. The van der Waals surface area contributed by atoms with Gasteiger partial charge in [-0.3, -0.25) is 4.31 Å². The van der Waals surface area contributed by atoms with E-state index in [1.807, 2.05) is 44.2 Å². The Balaban J connectivity index is 1.66. The molecule has 8 heteroatoms. The van der Waals surface area contributed by atoms with Crippen LogP contribution in [0, 0.1) is 11.7 Å². The van der Waals surface area contributed by atoms with E-state index in [1.54, 1.807) is 11.0 Å². The summed E-state index contributed by atoms with van der Waals surface area (Å²) >= 11 is 0. The van der Waals surface area contributed by atoms with E-state index in [0.29, 0.717) is 13.0 Å². The van der Waals surface area contributed by atoms with Crippen LogP contribution in [-0.2, 0) is 21.4 Å². The summed E-state index contributed by atoms with van der Waals surface area (Å²) in [7, 11) is -2.29. The molecule has 0 bridgehead atoms. The number of anilines is 1. The van der Waals surface area contributed by atoms with Crippen LogP contribution in [0.3, 0.4) is 0 Å². The minimum absolute atomic E-state index is 0.143. The van der Waals surface area contributed by atoms with Crippen LogP contribution in [-0.4, -0.2) is 44.3 Å². The predicted molar refractivity (Wildman–Crippen MR) is 114 cm³/mol. The average molecular weight is 435 g/mol. The molecule has 0 aliphatic carbocycles. The molecule has 1 unspecified atom stereocenters. The minimum Gasteiger partial charge on any atom is -0.445 e. The number of carbonyl (C=O) groups excluding carboxylic acids is 1. The number of halogens is 1. The lowest BCUT2D eigenvalue weighted by Gasteiger charge is -2.35. The fourth-order valence-electron chi connectivity index (χ4n) is 3.76. The van der Waals surface area contributed by atoms with Crippen LogP contribution in [0.25, 0.3) is 0 Å². The zero-order valence-electron chi connectivity index (χ0n) is 17.4. The van der Waals surface area contributed by atoms with E-state index in [2.05, 4.69) is 0 Å². The van der Waals surface area contributed by atoms with Crippen LogP contribution in [0.15, 0.2) is 54.6 Å². The highest BCUT2D eigenvalue weighted by Gasteiger charge is 2.46. The topological polar surface area (TPSA) is 66.9 Å². The molecule has 1 amide bonds. The van der Waals surface area contributed by atoms with E-state index in [9.17, 15) is 17.6 Å². The summed E-state index contributed by atoms with van der Waals surface area (Å²) in [6.45, 7) is 4.29. The molecule has 1 atom stereocenters. The zero-order chi connectivity index (χ0) is 21.9. The van der Waals surface area contributed by atoms with Gasteiger partial charge in [0.1, 0.15) is 12.4 Å². The van der Waals surface area contributed by atoms with Gasteiger partial charge in [0.25, 0.3) is 0 Å². The van der Waals surface area contributed by atoms with Gasteiger partial charge in [-0.05, 0) is 49.9 Å². The van der Waals surface area contributed by atoms with Gasteiger partial charge < -0.3 is 9.64 Å². The summed E-state index contributed by atoms with van der Waals surface area (Å²) in [5.74, 6) is -0.916. The molecule has 0 aromatic heterocycles. The minimum atomic E-state index is -3.70. The largest absolute Gasteiger partial charge is 0.445 e. The molecule has 3 rings (SSSR count). The Kier molecular flexibility index (Phi) is 6.36. The van der Waals surface area contributed by atoms with E-state index >= 15 is 0 Å². The van der Waals surface area contributed by atoms with E-state index in [1.165, 1.54) is 25.2 Å². The summed E-state index contributed by atoms with van der Waals surface area (Å²) in [6.07, 6.45) is 0.0890. The normalized spacial score (nSPS) is 18.3. The van der Waals surface area contributed by atoms with Crippen LogP contribution in [0.4, 0.5) is 14.9 Å². The average Bonchev–Trinajstić information content (AvgIpc) is 3.00. The molecule has 2 aromatic rings. The predicted octanol–water partition coefficient (Wildman–Crippen LogP) is 4.03. The van der Waals surface area contributed by atoms with Gasteiger partial charge in [-0.2, -0.15) is 0 Å². The van der Waals surface area contributed by atoms with Crippen molar-refractivity contribution in [1.29, 1.82) is 0 Å². The second-order valence-electron chi connectivity index (χ2n) is 8.06. The van der Waals surface area contributed by atoms with E-state index in [-0.39, 0.29) is 24.0 Å². The van der Waals surface area contributed by atoms with Crippen molar-refractivity contribution in [3.63, 3.8) is 0 Å². The molecular formula is C22H27FN2O4S. The Labute approximate surface area is 177 Å². The van der Waals surface area contributed by atoms with Crippen molar-refractivity contribution in [2.75, 3.05) is 23.7 Å². The van der Waals surface area contributed by atoms with Crippen molar-refractivity contribution in [2.45, 2.75) is 32.4 Å². The standard InChI is InChI=1S/C22H27FN2O4S/c1-22(2)18(16-30(27,28)24(3)20-11-7-10-19(23)14-20)12-13-25(22)21(26)29-15-17-8-5-4-6-9-17/h4-11,14,18H,12-13,15-16H2,1-3H3. The quantitative estimate of drug-likeness (QED) is 0.689. The molecule has 1 saturated heterocycles. The maximum absolute atomic E-state index is 13.5. The number of likely N-dealkylation sites (tertiary alicyclic amines) is 1. The van der Waals surface area contributed by atoms with Crippen molar-refractivity contribution in [1.82, 2.24) is 4.90 Å². The number of rotatable bonds is 6. The molecule has 1 heterocycles. The van der Waals surface area contributed by atoms with Gasteiger partial charge in [0.05, 0.1) is 11.4 Å². The number of benzene rings is 2. The van der Waals surface area contributed by atoms with E-state index in [0.717, 1.165) is 9.87 Å². The number of amides is 1. The molecule has 0 radical (unpaired) electrons. The SMILES string of the molecule is CN(c1cccc(F)c1)S(=O)(=O)CC1CCN(C(=O)OCc2ccccc2)C1(C)C. The molecule has 0 N–H and O–H groups in total. The highest BCUT2D eigenvalue weighted by molar-refractivity contribution is 7.92. The first kappa shape index (κ1) is 22.1. The molecular weight excluding hydrogens is 407 g/mol. The third kappa shape index (κ3) is 4.75. The Morgan fingerprint density at radius 3 is 2.57 bits per heavy atom. The molecule has 6 nitrogen and oxygen atoms in total. The van der Waals surface area contributed by atoms with Gasteiger partial charge in [0.2, 0.25) is 10.0 Å². The fraction of sp³-hybridized carbons (Fsp3) is 0.409. The van der Waals surface area contributed by atoms with E-state index in [4.69, 9.17) is 4.74 Å². The van der Waals surface area contributed by atoms with Crippen molar-refractivity contribution in [2.24, 2.45) is 5.92 Å². The lowest BCUT2D eigenvalue weighted by molar-refractivity contribution is 0.0680. The summed E-state index contributed by atoms with van der Waals surface area (Å²) in [5, 5.41) is 0. The third-order valence-corrected chi connectivity index (χ3v) is 7.69. The highest BCUT2D eigenvalue weighted by atomic mass is 32.2. The van der Waals surface area contributed by atoms with Crippen molar-refractivity contribution < 1.29 is 22.3 Å². The van der Waals surface area contributed by atoms with Gasteiger partial charge in [-0.15, -0.1) is 0 Å². The molecule has 30 heavy (non-hydrogen) atoms. The van der Waals surface area contributed by atoms with Gasteiger partial charge in [-0.1, -0.05) is 36.4 Å². The van der Waals surface area contributed by atoms with Gasteiger partial charge in [-0.25, -0.2) is 17.6 Å². The number of carbonyl (C=O) groups is 1. The molecule has 1 aliphatic heterocycles. The van der Waals surface area contributed by atoms with Gasteiger partial charge in [0.15, 0.2) is 0 Å². The summed E-state index contributed by atoms with van der Waals surface area (Å²) in [5.41, 5.74) is 0.465. The number of ether oxygens (including phenoxy) is 1. The molecule has 1 fully saturated rings.